The average Bonchev–Trinajstić information content (AvgIpc) is 2.70. The predicted octanol–water partition coefficient (Wildman–Crippen LogP) is 4.15. The zero-order valence-corrected chi connectivity index (χ0v) is 14.1. The summed E-state index contributed by atoms with van der Waals surface area (Å²) < 4.78 is 5.70. The van der Waals surface area contributed by atoms with Crippen LogP contribution in [0.1, 0.15) is 15.9 Å². The van der Waals surface area contributed by atoms with Crippen molar-refractivity contribution in [2.24, 2.45) is 5.10 Å². The topological polar surface area (TPSA) is 93.8 Å². The number of hydrogen-bond acceptors (Lipinski definition) is 5. The zero-order valence-electron chi connectivity index (χ0n) is 14.1. The van der Waals surface area contributed by atoms with Gasteiger partial charge in [-0.25, -0.2) is 5.43 Å². The lowest BCUT2D eigenvalue weighted by atomic mass is 10.2. The van der Waals surface area contributed by atoms with E-state index in [4.69, 9.17) is 4.74 Å². The minimum atomic E-state index is -0.556. The van der Waals surface area contributed by atoms with Gasteiger partial charge in [0.1, 0.15) is 11.5 Å². The van der Waals surface area contributed by atoms with Crippen molar-refractivity contribution in [2.45, 2.75) is 0 Å². The molecule has 3 aromatic carbocycles. The molecular formula is C20H15N3O4. The van der Waals surface area contributed by atoms with E-state index in [0.29, 0.717) is 5.75 Å². The SMILES string of the molecule is O=C(N/N=C/c1ccc(Oc2ccccc2)cc1)c1cccc([N+](=O)[O-])c1. The standard InChI is InChI=1S/C20H15N3O4/c24-20(16-5-4-6-17(13-16)23(25)26)22-21-14-15-9-11-19(12-10-15)27-18-7-2-1-3-8-18/h1-14H,(H,22,24)/b21-14+. The van der Waals surface area contributed by atoms with Gasteiger partial charge in [-0.1, -0.05) is 24.3 Å². The lowest BCUT2D eigenvalue weighted by Gasteiger charge is -2.05. The fraction of sp³-hybridized carbons (Fsp3) is 0. The molecule has 0 unspecified atom stereocenters. The van der Waals surface area contributed by atoms with Crippen LogP contribution in [0.5, 0.6) is 11.5 Å². The summed E-state index contributed by atoms with van der Waals surface area (Å²) in [6.07, 6.45) is 1.47. The molecule has 7 nitrogen and oxygen atoms in total. The quantitative estimate of drug-likeness (QED) is 0.405. The summed E-state index contributed by atoms with van der Waals surface area (Å²) in [5.41, 5.74) is 3.11. The second-order valence-electron chi connectivity index (χ2n) is 5.49. The summed E-state index contributed by atoms with van der Waals surface area (Å²) >= 11 is 0. The van der Waals surface area contributed by atoms with E-state index >= 15 is 0 Å². The smallest absolute Gasteiger partial charge is 0.271 e. The second kappa shape index (κ2) is 8.39. The minimum Gasteiger partial charge on any atom is -0.457 e. The van der Waals surface area contributed by atoms with Gasteiger partial charge in [-0.3, -0.25) is 14.9 Å². The Kier molecular flexibility index (Phi) is 5.54. The van der Waals surface area contributed by atoms with Gasteiger partial charge in [-0.05, 0) is 48.0 Å². The second-order valence-corrected chi connectivity index (χ2v) is 5.49. The van der Waals surface area contributed by atoms with Gasteiger partial charge in [0, 0.05) is 17.7 Å². The number of hydrogen-bond donors (Lipinski definition) is 1. The number of hydrazone groups is 1. The van der Waals surface area contributed by atoms with Gasteiger partial charge in [0.05, 0.1) is 11.1 Å². The number of nitrogens with one attached hydrogen (secondary N) is 1. The molecule has 0 aliphatic rings. The lowest BCUT2D eigenvalue weighted by molar-refractivity contribution is -0.384. The molecule has 1 N–H and O–H groups in total. The molecule has 0 heterocycles. The maximum atomic E-state index is 12.0. The first-order valence-electron chi connectivity index (χ1n) is 8.03. The van der Waals surface area contributed by atoms with E-state index in [9.17, 15) is 14.9 Å². The molecule has 0 radical (unpaired) electrons. The Hall–Kier alpha value is -4.00. The zero-order chi connectivity index (χ0) is 19.1. The van der Waals surface area contributed by atoms with E-state index in [1.54, 1.807) is 24.3 Å². The molecule has 0 aliphatic heterocycles. The highest BCUT2D eigenvalue weighted by molar-refractivity contribution is 5.95. The molecule has 0 saturated heterocycles. The van der Waals surface area contributed by atoms with Crippen molar-refractivity contribution >= 4 is 17.8 Å². The first kappa shape index (κ1) is 17.8. The summed E-state index contributed by atoms with van der Waals surface area (Å²) in [6, 6.07) is 22.0. The summed E-state index contributed by atoms with van der Waals surface area (Å²) in [4.78, 5) is 22.2. The van der Waals surface area contributed by atoms with Crippen molar-refractivity contribution in [2.75, 3.05) is 0 Å². The molecule has 0 aromatic heterocycles. The fourth-order valence-corrected chi connectivity index (χ4v) is 2.24. The summed E-state index contributed by atoms with van der Waals surface area (Å²) in [6.45, 7) is 0. The first-order valence-corrected chi connectivity index (χ1v) is 8.03. The highest BCUT2D eigenvalue weighted by Crippen LogP contribution is 2.20. The Morgan fingerprint density at radius 2 is 1.67 bits per heavy atom. The average molecular weight is 361 g/mol. The van der Waals surface area contributed by atoms with Crippen LogP contribution in [0.15, 0.2) is 84.0 Å². The number of para-hydroxylation sites is 1. The van der Waals surface area contributed by atoms with E-state index in [1.165, 1.54) is 30.5 Å². The number of rotatable bonds is 6. The number of ether oxygens (including phenoxy) is 1. The van der Waals surface area contributed by atoms with E-state index in [2.05, 4.69) is 10.5 Å². The molecule has 3 rings (SSSR count). The molecule has 27 heavy (non-hydrogen) atoms. The molecule has 0 bridgehead atoms. The maximum absolute atomic E-state index is 12.0. The van der Waals surface area contributed by atoms with Crippen LogP contribution in [0, 0.1) is 10.1 Å². The van der Waals surface area contributed by atoms with Crippen molar-refractivity contribution in [3.05, 3.63) is 100 Å². The van der Waals surface area contributed by atoms with Crippen LogP contribution >= 0.6 is 0 Å². The molecule has 0 spiro atoms. The predicted molar refractivity (Wildman–Crippen MR) is 101 cm³/mol. The van der Waals surface area contributed by atoms with Gasteiger partial charge < -0.3 is 4.74 Å². The minimum absolute atomic E-state index is 0.152. The van der Waals surface area contributed by atoms with Crippen molar-refractivity contribution in [3.8, 4) is 11.5 Å². The van der Waals surface area contributed by atoms with Crippen LogP contribution in [-0.2, 0) is 0 Å². The number of non-ortho nitro benzene ring substituents is 1. The maximum Gasteiger partial charge on any atom is 0.271 e. The largest absolute Gasteiger partial charge is 0.457 e. The van der Waals surface area contributed by atoms with Gasteiger partial charge in [0.25, 0.3) is 11.6 Å². The third-order valence-electron chi connectivity index (χ3n) is 3.56. The number of nitro benzene ring substituents is 1. The van der Waals surface area contributed by atoms with Crippen molar-refractivity contribution in [1.82, 2.24) is 5.43 Å². The number of carbonyl (C=O) groups is 1. The van der Waals surface area contributed by atoms with Gasteiger partial charge in [0.2, 0.25) is 0 Å². The van der Waals surface area contributed by atoms with E-state index in [-0.39, 0.29) is 11.3 Å². The third-order valence-corrected chi connectivity index (χ3v) is 3.56. The van der Waals surface area contributed by atoms with Crippen molar-refractivity contribution in [1.29, 1.82) is 0 Å². The molecule has 0 fully saturated rings. The van der Waals surface area contributed by atoms with Gasteiger partial charge in [0.15, 0.2) is 0 Å². The Morgan fingerprint density at radius 1 is 0.963 bits per heavy atom. The molecule has 134 valence electrons. The van der Waals surface area contributed by atoms with E-state index in [0.717, 1.165) is 11.3 Å². The van der Waals surface area contributed by atoms with Crippen LogP contribution < -0.4 is 10.2 Å². The van der Waals surface area contributed by atoms with Crippen LogP contribution in [-0.4, -0.2) is 17.0 Å². The first-order chi connectivity index (χ1) is 13.1. The lowest BCUT2D eigenvalue weighted by Crippen LogP contribution is -2.17. The van der Waals surface area contributed by atoms with Crippen molar-refractivity contribution < 1.29 is 14.5 Å². The molecule has 0 aliphatic carbocycles. The van der Waals surface area contributed by atoms with Gasteiger partial charge >= 0.3 is 0 Å². The van der Waals surface area contributed by atoms with E-state index < -0.39 is 10.8 Å². The molecule has 0 saturated carbocycles. The third kappa shape index (κ3) is 4.99. The van der Waals surface area contributed by atoms with Crippen LogP contribution in [0.25, 0.3) is 0 Å². The molecule has 7 heteroatoms. The number of benzene rings is 3. The van der Waals surface area contributed by atoms with Gasteiger partial charge in [-0.15, -0.1) is 0 Å². The normalized spacial score (nSPS) is 10.5. The molecule has 0 atom stereocenters. The monoisotopic (exact) mass is 361 g/mol. The van der Waals surface area contributed by atoms with Crippen LogP contribution in [0.3, 0.4) is 0 Å². The Morgan fingerprint density at radius 3 is 2.37 bits per heavy atom. The fourth-order valence-electron chi connectivity index (χ4n) is 2.24. The molecular weight excluding hydrogens is 346 g/mol. The summed E-state index contributed by atoms with van der Waals surface area (Å²) in [7, 11) is 0. The number of nitrogens with zero attached hydrogens (tertiary/aromatic N) is 2. The van der Waals surface area contributed by atoms with Gasteiger partial charge in [-0.2, -0.15) is 5.10 Å². The summed E-state index contributed by atoms with van der Waals surface area (Å²) in [5, 5.41) is 14.6. The Labute approximate surface area is 155 Å². The highest BCUT2D eigenvalue weighted by Gasteiger charge is 2.10. The number of nitro groups is 1. The van der Waals surface area contributed by atoms with Crippen LogP contribution in [0.2, 0.25) is 0 Å². The van der Waals surface area contributed by atoms with Crippen LogP contribution in [0.4, 0.5) is 5.69 Å². The molecule has 3 aromatic rings. The number of amides is 1. The van der Waals surface area contributed by atoms with Crippen molar-refractivity contribution in [3.63, 3.8) is 0 Å². The molecule has 1 amide bonds. The number of carbonyl (C=O) groups excluding carboxylic acids is 1. The highest BCUT2D eigenvalue weighted by atomic mass is 16.6. The Bertz CT molecular complexity index is 970. The summed E-state index contributed by atoms with van der Waals surface area (Å²) in [5.74, 6) is 0.890. The van der Waals surface area contributed by atoms with E-state index in [1.807, 2.05) is 30.3 Å². The Balaban J connectivity index is 1.58.